The predicted octanol–water partition coefficient (Wildman–Crippen LogP) is 20.5. The van der Waals surface area contributed by atoms with Crippen LogP contribution < -0.4 is 5.32 Å². The standard InChI is InChI=1S/C91H157NO13/c1-3-5-7-9-11-13-15-17-19-21-23-25-27-29-31-33-35-36-37-38-39-40-41-42-43-44-45-47-49-51-53-55-57-59-61-63-65-67-69-71-73-75-83(96)92-79(78-102-90-88(101)86(99)89(82(77-94)104-90)105-91-87(100)85(98)84(97)81(76-93)103-91)80(95)74-72-70-68-66-64-62-60-58-56-54-52-50-48-46-34-32-30-28-26-24-22-20-18-16-14-12-10-8-6-4-2/h5,7,11,13,17,19,23,25,29,31,35-36,38-39,41-42,56,58,64,66,72,74,79-82,84-91,93-95,97-101H,3-4,6,8-10,12,14-16,18,20-22,24,26-28,30,32-34,37,40,43-55,57,59-63,65,67-71,73,75-78H2,1-2H3,(H,92,96)/b7-5-,13-11-,19-17-,25-23-,31-29-,36-35-,39-38-,42-41-,58-56+,66-64+,74-72+. The van der Waals surface area contributed by atoms with Gasteiger partial charge in [0.05, 0.1) is 32.0 Å². The number of allylic oxidation sites excluding steroid dienone is 21. The van der Waals surface area contributed by atoms with Crippen molar-refractivity contribution in [1.82, 2.24) is 5.32 Å². The molecule has 2 aliphatic heterocycles. The number of ether oxygens (including phenoxy) is 4. The van der Waals surface area contributed by atoms with Crippen LogP contribution in [0.1, 0.15) is 341 Å². The van der Waals surface area contributed by atoms with Gasteiger partial charge in [-0.1, -0.05) is 359 Å². The molecule has 12 unspecified atom stereocenters. The molecule has 0 aromatic carbocycles. The highest BCUT2D eigenvalue weighted by Crippen LogP contribution is 2.30. The maximum atomic E-state index is 13.4. The van der Waals surface area contributed by atoms with E-state index in [1.165, 1.54) is 212 Å². The van der Waals surface area contributed by atoms with E-state index in [4.69, 9.17) is 18.9 Å². The van der Waals surface area contributed by atoms with Gasteiger partial charge in [-0.15, -0.1) is 0 Å². The third kappa shape index (κ3) is 55.2. The Morgan fingerprint density at radius 1 is 0.352 bits per heavy atom. The Hall–Kier alpha value is -3.87. The summed E-state index contributed by atoms with van der Waals surface area (Å²) in [6.45, 7) is 2.70. The Morgan fingerprint density at radius 3 is 1.05 bits per heavy atom. The number of rotatable bonds is 71. The molecule has 105 heavy (non-hydrogen) atoms. The maximum Gasteiger partial charge on any atom is 0.220 e. The number of unbranched alkanes of at least 4 members (excludes halogenated alkanes) is 38. The molecular weight excluding hydrogens is 1310 g/mol. The largest absolute Gasteiger partial charge is 0.394 e. The molecule has 9 N–H and O–H groups in total. The monoisotopic (exact) mass is 1470 g/mol. The van der Waals surface area contributed by atoms with E-state index in [1.807, 2.05) is 6.08 Å². The number of nitrogens with one attached hydrogen (secondary N) is 1. The quantitative estimate of drug-likeness (QED) is 0.0204. The van der Waals surface area contributed by atoms with Crippen molar-refractivity contribution in [3.63, 3.8) is 0 Å². The molecule has 2 heterocycles. The van der Waals surface area contributed by atoms with Crippen molar-refractivity contribution in [2.24, 2.45) is 0 Å². The molecular formula is C91H157NO13. The van der Waals surface area contributed by atoms with Crippen molar-refractivity contribution in [3.8, 4) is 0 Å². The number of aliphatic hydroxyl groups excluding tert-OH is 8. The summed E-state index contributed by atoms with van der Waals surface area (Å²) in [4.78, 5) is 13.4. The molecule has 2 fully saturated rings. The smallest absolute Gasteiger partial charge is 0.220 e. The van der Waals surface area contributed by atoms with Gasteiger partial charge in [0, 0.05) is 6.42 Å². The number of amides is 1. The average molecular weight is 1470 g/mol. The molecule has 0 saturated carbocycles. The summed E-state index contributed by atoms with van der Waals surface area (Å²) < 4.78 is 22.9. The third-order valence-electron chi connectivity index (χ3n) is 20.0. The zero-order valence-corrected chi connectivity index (χ0v) is 66.4. The maximum absolute atomic E-state index is 13.4. The van der Waals surface area contributed by atoms with E-state index in [1.54, 1.807) is 6.08 Å². The van der Waals surface area contributed by atoms with E-state index in [0.717, 1.165) is 96.3 Å². The highest BCUT2D eigenvalue weighted by Gasteiger charge is 2.51. The van der Waals surface area contributed by atoms with Gasteiger partial charge < -0.3 is 65.1 Å². The van der Waals surface area contributed by atoms with Gasteiger partial charge in [-0.25, -0.2) is 0 Å². The second kappa shape index (κ2) is 73.0. The Kier molecular flexibility index (Phi) is 67.5. The molecule has 0 aromatic heterocycles. The molecule has 0 aromatic rings. The molecule has 0 aliphatic carbocycles. The summed E-state index contributed by atoms with van der Waals surface area (Å²) in [7, 11) is 0. The van der Waals surface area contributed by atoms with Gasteiger partial charge >= 0.3 is 0 Å². The number of carbonyl (C=O) groups excluding carboxylic acids is 1. The van der Waals surface area contributed by atoms with E-state index in [2.05, 4.69) is 141 Å². The molecule has 0 radical (unpaired) electrons. The van der Waals surface area contributed by atoms with Crippen molar-refractivity contribution in [1.29, 1.82) is 0 Å². The number of hydrogen-bond donors (Lipinski definition) is 9. The topological polar surface area (TPSA) is 228 Å². The predicted molar refractivity (Wildman–Crippen MR) is 438 cm³/mol. The van der Waals surface area contributed by atoms with E-state index < -0.39 is 86.8 Å². The van der Waals surface area contributed by atoms with Crippen LogP contribution in [0.4, 0.5) is 0 Å². The van der Waals surface area contributed by atoms with Gasteiger partial charge in [-0.3, -0.25) is 4.79 Å². The lowest BCUT2D eigenvalue weighted by atomic mass is 9.97. The first-order chi connectivity index (χ1) is 51.6. The first-order valence-corrected chi connectivity index (χ1v) is 42.9. The molecule has 12 atom stereocenters. The molecule has 1 amide bonds. The molecule has 2 aliphatic rings. The fourth-order valence-corrected chi connectivity index (χ4v) is 13.3. The lowest BCUT2D eigenvalue weighted by Gasteiger charge is -2.46. The lowest BCUT2D eigenvalue weighted by molar-refractivity contribution is -0.359. The Balaban J connectivity index is 1.61. The zero-order chi connectivity index (χ0) is 75.8. The molecule has 2 rings (SSSR count). The SMILES string of the molecule is CC/C=C\C/C=C\C/C=C\C/C=C\C/C=C\C/C=C\C/C=C\C/C=C\CCCCCCCCCCCCCCCCCCC(=O)NC(COC1OC(CO)C(OC2OC(CO)C(O)C(O)C2O)C(O)C1O)C(O)/C=C/CC/C=C/CC/C=C/CCCCCCCCCCCCCCCCCCCCCC. The van der Waals surface area contributed by atoms with Crippen molar-refractivity contribution >= 4 is 5.91 Å². The highest BCUT2D eigenvalue weighted by atomic mass is 16.7. The highest BCUT2D eigenvalue weighted by molar-refractivity contribution is 5.76. The second-order valence-electron chi connectivity index (χ2n) is 29.6. The molecule has 14 heteroatoms. The summed E-state index contributed by atoms with van der Waals surface area (Å²) in [5.74, 6) is -0.253. The minimum Gasteiger partial charge on any atom is -0.394 e. The van der Waals surface area contributed by atoms with Crippen LogP contribution in [0.3, 0.4) is 0 Å². The Morgan fingerprint density at radius 2 is 0.667 bits per heavy atom. The minimum absolute atomic E-state index is 0.253. The summed E-state index contributed by atoms with van der Waals surface area (Å²) in [6.07, 6.45) is 92.6. The first kappa shape index (κ1) is 97.2. The van der Waals surface area contributed by atoms with Gasteiger partial charge in [-0.2, -0.15) is 0 Å². The van der Waals surface area contributed by atoms with Crippen LogP contribution in [0.2, 0.25) is 0 Å². The number of aliphatic hydroxyl groups is 8. The molecule has 2 saturated heterocycles. The summed E-state index contributed by atoms with van der Waals surface area (Å²) >= 11 is 0. The zero-order valence-electron chi connectivity index (χ0n) is 66.4. The molecule has 0 bridgehead atoms. The average Bonchev–Trinajstić information content (AvgIpc) is 0.769. The second-order valence-corrected chi connectivity index (χ2v) is 29.6. The van der Waals surface area contributed by atoms with Crippen molar-refractivity contribution in [2.75, 3.05) is 19.8 Å². The van der Waals surface area contributed by atoms with Gasteiger partial charge in [0.1, 0.15) is 48.8 Å². The first-order valence-electron chi connectivity index (χ1n) is 42.9. The van der Waals surface area contributed by atoms with E-state index in [9.17, 15) is 45.6 Å². The van der Waals surface area contributed by atoms with Crippen LogP contribution in [0, 0.1) is 0 Å². The van der Waals surface area contributed by atoms with E-state index in [0.29, 0.717) is 12.8 Å². The lowest BCUT2D eigenvalue weighted by Crippen LogP contribution is -2.65. The summed E-state index contributed by atoms with van der Waals surface area (Å²) in [5, 5.41) is 87.8. The van der Waals surface area contributed by atoms with Gasteiger partial charge in [0.25, 0.3) is 0 Å². The van der Waals surface area contributed by atoms with Gasteiger partial charge in [0.2, 0.25) is 5.91 Å². The van der Waals surface area contributed by atoms with Crippen molar-refractivity contribution in [2.45, 2.75) is 415 Å². The van der Waals surface area contributed by atoms with Crippen LogP contribution >= 0.6 is 0 Å². The fraction of sp³-hybridized carbons (Fsp3) is 0.747. The van der Waals surface area contributed by atoms with Crippen molar-refractivity contribution in [3.05, 3.63) is 134 Å². The Labute approximate surface area is 641 Å². The van der Waals surface area contributed by atoms with Crippen LogP contribution in [-0.2, 0) is 23.7 Å². The van der Waals surface area contributed by atoms with Crippen LogP contribution in [0.15, 0.2) is 134 Å². The van der Waals surface area contributed by atoms with Crippen LogP contribution in [0.25, 0.3) is 0 Å². The number of hydrogen-bond acceptors (Lipinski definition) is 13. The molecule has 0 spiro atoms. The minimum atomic E-state index is -1.80. The molecule has 604 valence electrons. The summed E-state index contributed by atoms with van der Waals surface area (Å²) in [6, 6.07) is -0.947. The summed E-state index contributed by atoms with van der Waals surface area (Å²) in [5.41, 5.74) is 0. The van der Waals surface area contributed by atoms with Gasteiger partial charge in [0.15, 0.2) is 12.6 Å². The van der Waals surface area contributed by atoms with E-state index >= 15 is 0 Å². The third-order valence-corrected chi connectivity index (χ3v) is 20.0. The van der Waals surface area contributed by atoms with Crippen LogP contribution in [-0.4, -0.2) is 140 Å². The van der Waals surface area contributed by atoms with Crippen molar-refractivity contribution < 1.29 is 64.6 Å². The van der Waals surface area contributed by atoms with Gasteiger partial charge in [-0.05, 0) is 109 Å². The van der Waals surface area contributed by atoms with Crippen LogP contribution in [0.5, 0.6) is 0 Å². The normalized spacial score (nSPS) is 22.1. The Bertz CT molecular complexity index is 2290. The van der Waals surface area contributed by atoms with E-state index in [-0.39, 0.29) is 18.9 Å². The fourth-order valence-electron chi connectivity index (χ4n) is 13.3. The number of carbonyl (C=O) groups is 1. The molecule has 14 nitrogen and oxygen atoms in total.